The zero-order valence-corrected chi connectivity index (χ0v) is 22.0. The fraction of sp³-hybridized carbons (Fsp3) is 0.867. The van der Waals surface area contributed by atoms with Crippen molar-refractivity contribution in [3.05, 3.63) is 23.3 Å². The summed E-state index contributed by atoms with van der Waals surface area (Å²) in [6, 6.07) is 0. The monoisotopic (exact) mass is 440 g/mol. The maximum atomic E-state index is 11.7. The Balaban J connectivity index is 1.67. The van der Waals surface area contributed by atoms with Crippen molar-refractivity contribution in [2.75, 3.05) is 0 Å². The molecule has 3 saturated carbocycles. The van der Waals surface area contributed by atoms with E-state index in [4.69, 9.17) is 0 Å². The van der Waals surface area contributed by atoms with Gasteiger partial charge in [-0.2, -0.15) is 0 Å². The number of rotatable bonds is 0. The Bertz CT molecular complexity index is 879. The van der Waals surface area contributed by atoms with Crippen LogP contribution in [0.2, 0.25) is 0 Å². The van der Waals surface area contributed by atoms with Crippen molar-refractivity contribution in [1.82, 2.24) is 0 Å². The van der Waals surface area contributed by atoms with Crippen molar-refractivity contribution in [1.29, 1.82) is 0 Å². The van der Waals surface area contributed by atoms with Crippen LogP contribution in [0.1, 0.15) is 107 Å². The molecule has 0 heterocycles. The van der Waals surface area contributed by atoms with Crippen molar-refractivity contribution in [2.24, 2.45) is 44.3 Å². The number of hydrogen-bond donors (Lipinski definition) is 2. The minimum Gasteiger partial charge on any atom is -0.393 e. The number of allylic oxidation sites excluding steroid dienone is 3. The molecule has 0 aromatic heterocycles. The Kier molecular flexibility index (Phi) is 4.73. The van der Waals surface area contributed by atoms with Crippen molar-refractivity contribution in [3.8, 4) is 0 Å². The third-order valence-electron chi connectivity index (χ3n) is 12.5. The van der Waals surface area contributed by atoms with Crippen LogP contribution >= 0.6 is 0 Å². The lowest BCUT2D eigenvalue weighted by Crippen LogP contribution is -2.64. The maximum absolute atomic E-state index is 11.7. The predicted octanol–water partition coefficient (Wildman–Crippen LogP) is 7.06. The number of hydrogen-bond acceptors (Lipinski definition) is 2. The first-order valence-corrected chi connectivity index (χ1v) is 13.4. The molecule has 0 aromatic rings. The van der Waals surface area contributed by atoms with E-state index in [2.05, 4.69) is 67.5 Å². The standard InChI is InChI=1S/C30H48O2/c1-25(2)15-16-27(5)20(17-25)19-9-10-22-28(6)13-12-23(31)26(3,4)21(28)11-14-29(22,7)30(19,8)18-24(27)32/h9-10,21-24,31-32H,11-18H2,1-8H3/t21?,22?,23-,24+,27-,28-,29+,30+/m0/s1. The van der Waals surface area contributed by atoms with Gasteiger partial charge in [0.1, 0.15) is 0 Å². The summed E-state index contributed by atoms with van der Waals surface area (Å²) in [5, 5.41) is 22.5. The van der Waals surface area contributed by atoms with Gasteiger partial charge in [0.15, 0.2) is 0 Å². The molecule has 0 aliphatic heterocycles. The molecular formula is C30H48O2. The zero-order chi connectivity index (χ0) is 23.5. The summed E-state index contributed by atoms with van der Waals surface area (Å²) in [6.07, 6.45) is 13.4. The van der Waals surface area contributed by atoms with Gasteiger partial charge in [-0.05, 0) is 90.4 Å². The van der Waals surface area contributed by atoms with Gasteiger partial charge < -0.3 is 10.2 Å². The molecule has 0 radical (unpaired) electrons. The summed E-state index contributed by atoms with van der Waals surface area (Å²) in [5.41, 5.74) is 3.75. The third kappa shape index (κ3) is 2.66. The minimum absolute atomic E-state index is 0.0162. The summed E-state index contributed by atoms with van der Waals surface area (Å²) < 4.78 is 0. The number of aliphatic hydroxyl groups excluding tert-OH is 2. The van der Waals surface area contributed by atoms with Crippen LogP contribution in [0.3, 0.4) is 0 Å². The molecule has 5 aliphatic carbocycles. The van der Waals surface area contributed by atoms with Crippen molar-refractivity contribution < 1.29 is 10.2 Å². The van der Waals surface area contributed by atoms with Crippen LogP contribution in [0.5, 0.6) is 0 Å². The van der Waals surface area contributed by atoms with Gasteiger partial charge in [0, 0.05) is 10.8 Å². The van der Waals surface area contributed by atoms with E-state index in [1.807, 2.05) is 0 Å². The van der Waals surface area contributed by atoms with Crippen LogP contribution in [0.15, 0.2) is 23.3 Å². The Labute approximate surface area is 197 Å². The zero-order valence-electron chi connectivity index (χ0n) is 22.0. The summed E-state index contributed by atoms with van der Waals surface area (Å²) in [4.78, 5) is 0. The molecule has 2 nitrogen and oxygen atoms in total. The van der Waals surface area contributed by atoms with E-state index in [-0.39, 0.29) is 39.3 Å². The molecule has 3 fully saturated rings. The lowest BCUT2D eigenvalue weighted by Gasteiger charge is -2.69. The van der Waals surface area contributed by atoms with E-state index < -0.39 is 0 Å². The number of aliphatic hydroxyl groups is 2. The van der Waals surface area contributed by atoms with E-state index in [0.717, 1.165) is 32.1 Å². The van der Waals surface area contributed by atoms with Gasteiger partial charge >= 0.3 is 0 Å². The highest BCUT2D eigenvalue weighted by Gasteiger charge is 2.67. The van der Waals surface area contributed by atoms with Crippen LogP contribution in [0, 0.1) is 44.3 Å². The fourth-order valence-corrected chi connectivity index (χ4v) is 9.89. The molecule has 2 N–H and O–H groups in total. The lowest BCUT2D eigenvalue weighted by molar-refractivity contribution is -0.187. The normalized spacial score (nSPS) is 53.7. The lowest BCUT2D eigenvalue weighted by atomic mass is 9.35. The van der Waals surface area contributed by atoms with E-state index in [9.17, 15) is 10.2 Å². The minimum atomic E-state index is -0.249. The first-order chi connectivity index (χ1) is 14.6. The molecule has 0 saturated heterocycles. The van der Waals surface area contributed by atoms with Gasteiger partial charge in [0.05, 0.1) is 12.2 Å². The van der Waals surface area contributed by atoms with Crippen LogP contribution in [-0.2, 0) is 0 Å². The van der Waals surface area contributed by atoms with Crippen LogP contribution < -0.4 is 0 Å². The molecule has 0 bridgehead atoms. The van der Waals surface area contributed by atoms with Gasteiger partial charge in [0.2, 0.25) is 0 Å². The van der Waals surface area contributed by atoms with Crippen molar-refractivity contribution >= 4 is 0 Å². The first-order valence-electron chi connectivity index (χ1n) is 13.4. The van der Waals surface area contributed by atoms with Crippen LogP contribution in [0.25, 0.3) is 0 Å². The molecular weight excluding hydrogens is 392 g/mol. The van der Waals surface area contributed by atoms with Crippen molar-refractivity contribution in [2.45, 2.75) is 119 Å². The topological polar surface area (TPSA) is 40.5 Å². The predicted molar refractivity (Wildman–Crippen MR) is 132 cm³/mol. The largest absolute Gasteiger partial charge is 0.393 e. The molecule has 5 rings (SSSR count). The van der Waals surface area contributed by atoms with E-state index in [0.29, 0.717) is 17.3 Å². The second-order valence-electron chi connectivity index (χ2n) is 14.9. The molecule has 180 valence electrons. The second-order valence-corrected chi connectivity index (χ2v) is 14.9. The molecule has 2 unspecified atom stereocenters. The Morgan fingerprint density at radius 3 is 2.19 bits per heavy atom. The third-order valence-corrected chi connectivity index (χ3v) is 12.5. The summed E-state index contributed by atoms with van der Waals surface area (Å²) in [7, 11) is 0. The molecule has 32 heavy (non-hydrogen) atoms. The van der Waals surface area contributed by atoms with Crippen LogP contribution in [-0.4, -0.2) is 22.4 Å². The average molecular weight is 441 g/mol. The fourth-order valence-electron chi connectivity index (χ4n) is 9.89. The summed E-state index contributed by atoms with van der Waals surface area (Å²) >= 11 is 0. The quantitative estimate of drug-likeness (QED) is 0.423. The Morgan fingerprint density at radius 1 is 0.812 bits per heavy atom. The van der Waals surface area contributed by atoms with E-state index >= 15 is 0 Å². The van der Waals surface area contributed by atoms with E-state index in [1.54, 1.807) is 11.1 Å². The smallest absolute Gasteiger partial charge is 0.0639 e. The maximum Gasteiger partial charge on any atom is 0.0639 e. The summed E-state index contributed by atoms with van der Waals surface area (Å²) in [6.45, 7) is 19.4. The average Bonchev–Trinajstić information content (AvgIpc) is 2.68. The highest BCUT2D eigenvalue weighted by molar-refractivity contribution is 5.46. The van der Waals surface area contributed by atoms with Gasteiger partial charge in [-0.15, -0.1) is 0 Å². The summed E-state index contributed by atoms with van der Waals surface area (Å²) in [5.74, 6) is 1.05. The Morgan fingerprint density at radius 2 is 1.50 bits per heavy atom. The Hall–Kier alpha value is -0.600. The SMILES string of the molecule is CC1(C)CC[C@@]2(C)C(=C3C=CC4[C@@]5(C)CC[C@H](O)C(C)(C)C5CC[C@@]4(C)[C@]3(C)C[C@H]2O)C1. The van der Waals surface area contributed by atoms with Crippen molar-refractivity contribution in [3.63, 3.8) is 0 Å². The van der Waals surface area contributed by atoms with Gasteiger partial charge in [0.25, 0.3) is 0 Å². The first kappa shape index (κ1) is 23.2. The molecule has 2 heteroatoms. The van der Waals surface area contributed by atoms with Gasteiger partial charge in [-0.25, -0.2) is 0 Å². The van der Waals surface area contributed by atoms with Gasteiger partial charge in [-0.1, -0.05) is 73.1 Å². The molecule has 0 aromatic carbocycles. The van der Waals surface area contributed by atoms with E-state index in [1.165, 1.54) is 19.3 Å². The number of fused-ring (bicyclic) bond motifs is 6. The van der Waals surface area contributed by atoms with Gasteiger partial charge in [-0.3, -0.25) is 0 Å². The highest BCUT2D eigenvalue weighted by atomic mass is 16.3. The molecule has 0 amide bonds. The molecule has 5 aliphatic rings. The second kappa shape index (κ2) is 6.54. The molecule has 0 spiro atoms. The highest BCUT2D eigenvalue weighted by Crippen LogP contribution is 2.74. The molecule has 8 atom stereocenters. The van der Waals surface area contributed by atoms with Crippen LogP contribution in [0.4, 0.5) is 0 Å².